The van der Waals surface area contributed by atoms with Crippen molar-refractivity contribution in [2.45, 2.75) is 16.9 Å². The summed E-state index contributed by atoms with van der Waals surface area (Å²) in [6.07, 6.45) is 1.18. The van der Waals surface area contributed by atoms with E-state index in [1.54, 1.807) is 50.4 Å². The minimum atomic E-state index is -0.493. The largest absolute Gasteiger partial charge is 0.350 e. The Hall–Kier alpha value is -1.50. The Labute approximate surface area is 121 Å². The number of ether oxygens (including phenoxy) is 2. The molecular formula is C14H15FN2O2S. The smallest absolute Gasteiger partial charge is 0.200 e. The number of rotatable bonds is 6. The minimum absolute atomic E-state index is 0.240. The second kappa shape index (κ2) is 7.33. The zero-order valence-electron chi connectivity index (χ0n) is 11.2. The Morgan fingerprint density at radius 3 is 2.50 bits per heavy atom. The first kappa shape index (κ1) is 14.9. The molecule has 106 valence electrons. The van der Waals surface area contributed by atoms with Crippen LogP contribution in [0.25, 0.3) is 0 Å². The lowest BCUT2D eigenvalue weighted by Crippen LogP contribution is -2.08. The number of hydrogen-bond donors (Lipinski definition) is 0. The van der Waals surface area contributed by atoms with Crippen molar-refractivity contribution in [3.63, 3.8) is 0 Å². The van der Waals surface area contributed by atoms with Crippen LogP contribution >= 0.6 is 11.8 Å². The van der Waals surface area contributed by atoms with Gasteiger partial charge in [0, 0.05) is 25.3 Å². The molecule has 0 amide bonds. The Morgan fingerprint density at radius 1 is 1.15 bits per heavy atom. The third kappa shape index (κ3) is 4.00. The van der Waals surface area contributed by atoms with Gasteiger partial charge >= 0.3 is 0 Å². The van der Waals surface area contributed by atoms with Gasteiger partial charge in [-0.05, 0) is 30.3 Å². The van der Waals surface area contributed by atoms with Crippen molar-refractivity contribution in [3.05, 3.63) is 53.9 Å². The Bertz CT molecular complexity index is 547. The van der Waals surface area contributed by atoms with Gasteiger partial charge in [-0.25, -0.2) is 14.4 Å². The van der Waals surface area contributed by atoms with Crippen molar-refractivity contribution in [2.24, 2.45) is 0 Å². The summed E-state index contributed by atoms with van der Waals surface area (Å²) >= 11 is 1.54. The first-order valence-corrected chi connectivity index (χ1v) is 6.97. The summed E-state index contributed by atoms with van der Waals surface area (Å²) in [6, 6.07) is 8.09. The van der Waals surface area contributed by atoms with E-state index in [1.807, 2.05) is 0 Å². The van der Waals surface area contributed by atoms with Crippen LogP contribution in [0, 0.1) is 5.82 Å². The highest BCUT2D eigenvalue weighted by Crippen LogP contribution is 2.22. The second-order valence-corrected chi connectivity index (χ2v) is 4.99. The lowest BCUT2D eigenvalue weighted by Gasteiger charge is -2.12. The van der Waals surface area contributed by atoms with Crippen LogP contribution in [-0.2, 0) is 15.2 Å². The summed E-state index contributed by atoms with van der Waals surface area (Å²) in [5.41, 5.74) is 0.680. The molecule has 20 heavy (non-hydrogen) atoms. The van der Waals surface area contributed by atoms with Crippen molar-refractivity contribution in [1.29, 1.82) is 0 Å². The molecule has 0 fully saturated rings. The summed E-state index contributed by atoms with van der Waals surface area (Å²) in [5, 5.41) is 0. The molecule has 0 N–H and O–H groups in total. The van der Waals surface area contributed by atoms with Gasteiger partial charge in [-0.3, -0.25) is 0 Å². The topological polar surface area (TPSA) is 44.2 Å². The van der Waals surface area contributed by atoms with Gasteiger partial charge in [0.2, 0.25) is 6.29 Å². The Kier molecular flexibility index (Phi) is 5.46. The van der Waals surface area contributed by atoms with Crippen molar-refractivity contribution >= 4 is 11.8 Å². The van der Waals surface area contributed by atoms with E-state index in [1.165, 1.54) is 12.1 Å². The molecule has 1 aromatic carbocycles. The number of thioether (sulfide) groups is 1. The van der Waals surface area contributed by atoms with E-state index in [4.69, 9.17) is 9.47 Å². The summed E-state index contributed by atoms with van der Waals surface area (Å²) < 4.78 is 23.1. The second-order valence-electron chi connectivity index (χ2n) is 3.94. The van der Waals surface area contributed by atoms with Gasteiger partial charge in [-0.2, -0.15) is 0 Å². The zero-order chi connectivity index (χ0) is 14.4. The third-order valence-electron chi connectivity index (χ3n) is 2.58. The molecule has 0 aliphatic heterocycles. The van der Waals surface area contributed by atoms with E-state index >= 15 is 0 Å². The molecule has 0 bridgehead atoms. The molecule has 4 nitrogen and oxygen atoms in total. The van der Waals surface area contributed by atoms with Gasteiger partial charge in [0.05, 0.1) is 11.4 Å². The molecule has 1 aromatic heterocycles. The van der Waals surface area contributed by atoms with Crippen LogP contribution in [0.1, 0.15) is 17.8 Å². The average molecular weight is 294 g/mol. The first-order valence-electron chi connectivity index (χ1n) is 5.98. The molecule has 2 aromatic rings. The monoisotopic (exact) mass is 294 g/mol. The van der Waals surface area contributed by atoms with Gasteiger partial charge in [0.25, 0.3) is 0 Å². The molecule has 6 heteroatoms. The number of benzene rings is 1. The van der Waals surface area contributed by atoms with Crippen LogP contribution in [0.4, 0.5) is 4.39 Å². The van der Waals surface area contributed by atoms with Crippen LogP contribution in [0.3, 0.4) is 0 Å². The number of hydrogen-bond acceptors (Lipinski definition) is 5. The van der Waals surface area contributed by atoms with Gasteiger partial charge in [0.15, 0.2) is 0 Å². The molecule has 0 atom stereocenters. The molecule has 0 unspecified atom stereocenters. The maximum Gasteiger partial charge on any atom is 0.200 e. The summed E-state index contributed by atoms with van der Waals surface area (Å²) in [4.78, 5) is 9.57. The Balaban J connectivity index is 2.02. The highest BCUT2D eigenvalue weighted by molar-refractivity contribution is 7.98. The molecule has 0 radical (unpaired) electrons. The van der Waals surface area contributed by atoms with Gasteiger partial charge < -0.3 is 9.47 Å². The van der Waals surface area contributed by atoms with Crippen LogP contribution < -0.4 is 0 Å². The predicted octanol–water partition coefficient (Wildman–Crippen LogP) is 3.20. The normalized spacial score (nSPS) is 11.0. The predicted molar refractivity (Wildman–Crippen MR) is 74.8 cm³/mol. The summed E-state index contributed by atoms with van der Waals surface area (Å²) in [6.45, 7) is 0. The fourth-order valence-corrected chi connectivity index (χ4v) is 2.40. The van der Waals surface area contributed by atoms with E-state index in [-0.39, 0.29) is 5.82 Å². The van der Waals surface area contributed by atoms with Crippen LogP contribution in [0.15, 0.2) is 41.4 Å². The number of halogens is 1. The van der Waals surface area contributed by atoms with E-state index in [0.717, 1.165) is 4.90 Å². The van der Waals surface area contributed by atoms with Gasteiger partial charge in [0.1, 0.15) is 11.6 Å². The van der Waals surface area contributed by atoms with Gasteiger partial charge in [-0.15, -0.1) is 11.8 Å². The van der Waals surface area contributed by atoms with Gasteiger partial charge in [-0.1, -0.05) is 0 Å². The van der Waals surface area contributed by atoms with Crippen molar-refractivity contribution in [2.75, 3.05) is 14.2 Å². The highest BCUT2D eigenvalue weighted by Gasteiger charge is 2.11. The maximum absolute atomic E-state index is 12.8. The molecule has 2 rings (SSSR count). The highest BCUT2D eigenvalue weighted by atomic mass is 32.2. The zero-order valence-corrected chi connectivity index (χ0v) is 12.1. The molecule has 0 saturated heterocycles. The van der Waals surface area contributed by atoms with E-state index in [9.17, 15) is 4.39 Å². The fourth-order valence-electron chi connectivity index (χ4n) is 1.63. The molecule has 0 saturated carbocycles. The van der Waals surface area contributed by atoms with Crippen molar-refractivity contribution in [1.82, 2.24) is 9.97 Å². The van der Waals surface area contributed by atoms with E-state index < -0.39 is 6.29 Å². The molecular weight excluding hydrogens is 279 g/mol. The molecule has 0 aliphatic rings. The SMILES string of the molecule is COC(OC)c1ccnc(CSc2ccc(F)cc2)n1. The fraction of sp³-hybridized carbons (Fsp3) is 0.286. The van der Waals surface area contributed by atoms with Crippen LogP contribution in [0.2, 0.25) is 0 Å². The third-order valence-corrected chi connectivity index (χ3v) is 3.59. The molecule has 0 spiro atoms. The van der Waals surface area contributed by atoms with Crippen molar-refractivity contribution < 1.29 is 13.9 Å². The number of aromatic nitrogens is 2. The van der Waals surface area contributed by atoms with Crippen molar-refractivity contribution in [3.8, 4) is 0 Å². The van der Waals surface area contributed by atoms with Crippen LogP contribution in [0.5, 0.6) is 0 Å². The molecule has 0 aliphatic carbocycles. The lowest BCUT2D eigenvalue weighted by molar-refractivity contribution is -0.108. The molecule has 1 heterocycles. The summed E-state index contributed by atoms with van der Waals surface area (Å²) in [5.74, 6) is 1.03. The Morgan fingerprint density at radius 2 is 1.85 bits per heavy atom. The minimum Gasteiger partial charge on any atom is -0.350 e. The van der Waals surface area contributed by atoms with Crippen LogP contribution in [-0.4, -0.2) is 24.2 Å². The first-order chi connectivity index (χ1) is 9.72. The maximum atomic E-state index is 12.8. The van der Waals surface area contributed by atoms with E-state index in [0.29, 0.717) is 17.3 Å². The lowest BCUT2D eigenvalue weighted by atomic mass is 10.4. The standard InChI is InChI=1S/C14H15FN2O2S/c1-18-14(19-2)12-7-8-16-13(17-12)9-20-11-5-3-10(15)4-6-11/h3-8,14H,9H2,1-2H3. The number of methoxy groups -OCH3 is 2. The average Bonchev–Trinajstić information content (AvgIpc) is 2.48. The summed E-state index contributed by atoms with van der Waals surface area (Å²) in [7, 11) is 3.12. The quantitative estimate of drug-likeness (QED) is 0.604. The van der Waals surface area contributed by atoms with E-state index in [2.05, 4.69) is 9.97 Å². The number of nitrogens with zero attached hydrogens (tertiary/aromatic N) is 2.